The second-order valence-corrected chi connectivity index (χ2v) is 7.29. The van der Waals surface area contributed by atoms with Crippen LogP contribution in [0.1, 0.15) is 21.7 Å². The van der Waals surface area contributed by atoms with Crippen LogP contribution in [0.4, 0.5) is 5.69 Å². The fourth-order valence-corrected chi connectivity index (χ4v) is 3.60. The summed E-state index contributed by atoms with van der Waals surface area (Å²) >= 11 is 0. The van der Waals surface area contributed by atoms with E-state index in [0.717, 1.165) is 17.5 Å². The highest BCUT2D eigenvalue weighted by Crippen LogP contribution is 2.33. The van der Waals surface area contributed by atoms with Crippen LogP contribution >= 0.6 is 0 Å². The van der Waals surface area contributed by atoms with Crippen molar-refractivity contribution in [1.82, 2.24) is 4.90 Å². The standard InChI is InChI=1S/C24H24N2O6/c1-29-21-11-16-8-9-26(14-17(16)12-22(21)30-2)23(27)15-32-19-6-3-5-18(13-19)25-24(28)20-7-4-10-31-20/h3-7,10-13H,8-9,14-15H2,1-2H3,(H,25,28). The summed E-state index contributed by atoms with van der Waals surface area (Å²) in [6, 6.07) is 14.0. The molecule has 0 spiro atoms. The molecule has 0 saturated carbocycles. The Morgan fingerprint density at radius 2 is 1.81 bits per heavy atom. The summed E-state index contributed by atoms with van der Waals surface area (Å²) in [6.07, 6.45) is 2.17. The lowest BCUT2D eigenvalue weighted by Gasteiger charge is -2.29. The molecular weight excluding hydrogens is 412 g/mol. The highest BCUT2D eigenvalue weighted by molar-refractivity contribution is 6.02. The van der Waals surface area contributed by atoms with Gasteiger partial charge in [0.1, 0.15) is 5.75 Å². The van der Waals surface area contributed by atoms with Crippen LogP contribution in [0, 0.1) is 0 Å². The topological polar surface area (TPSA) is 90.2 Å². The molecule has 1 aromatic heterocycles. The minimum absolute atomic E-state index is 0.0990. The minimum Gasteiger partial charge on any atom is -0.493 e. The smallest absolute Gasteiger partial charge is 0.291 e. The molecule has 2 aromatic carbocycles. The summed E-state index contributed by atoms with van der Waals surface area (Å²) in [5.74, 6) is 1.56. The third-order valence-electron chi connectivity index (χ3n) is 5.27. The second kappa shape index (κ2) is 9.47. The van der Waals surface area contributed by atoms with E-state index in [4.69, 9.17) is 18.6 Å². The number of amides is 2. The molecule has 0 fully saturated rings. The highest BCUT2D eigenvalue weighted by Gasteiger charge is 2.23. The summed E-state index contributed by atoms with van der Waals surface area (Å²) in [5.41, 5.74) is 2.72. The van der Waals surface area contributed by atoms with Gasteiger partial charge in [0, 0.05) is 24.8 Å². The SMILES string of the molecule is COc1cc2c(cc1OC)CN(C(=O)COc1cccc(NC(=O)c3ccco3)c1)CC2. The third-order valence-corrected chi connectivity index (χ3v) is 5.27. The minimum atomic E-state index is -0.359. The number of carbonyl (C=O) groups excluding carboxylic acids is 2. The van der Waals surface area contributed by atoms with Crippen LogP contribution in [0.15, 0.2) is 59.2 Å². The van der Waals surface area contributed by atoms with Crippen LogP contribution in [-0.2, 0) is 17.8 Å². The number of hydrogen-bond donors (Lipinski definition) is 1. The Hall–Kier alpha value is -3.94. The molecule has 2 amide bonds. The molecule has 1 N–H and O–H groups in total. The van der Waals surface area contributed by atoms with Crippen LogP contribution < -0.4 is 19.5 Å². The first-order valence-electron chi connectivity index (χ1n) is 10.2. The first-order valence-corrected chi connectivity index (χ1v) is 10.2. The molecule has 0 saturated heterocycles. The number of nitrogens with zero attached hydrogens (tertiary/aromatic N) is 1. The summed E-state index contributed by atoms with van der Waals surface area (Å²) in [7, 11) is 3.20. The maximum atomic E-state index is 12.7. The van der Waals surface area contributed by atoms with Crippen molar-refractivity contribution in [2.45, 2.75) is 13.0 Å². The largest absolute Gasteiger partial charge is 0.493 e. The number of carbonyl (C=O) groups is 2. The zero-order valence-electron chi connectivity index (χ0n) is 17.9. The number of ether oxygens (including phenoxy) is 3. The van der Waals surface area contributed by atoms with E-state index in [-0.39, 0.29) is 24.2 Å². The number of furan rings is 1. The molecule has 1 aliphatic rings. The van der Waals surface area contributed by atoms with Crippen LogP contribution in [0.5, 0.6) is 17.2 Å². The first-order chi connectivity index (χ1) is 15.6. The maximum absolute atomic E-state index is 12.7. The Kier molecular flexibility index (Phi) is 6.30. The molecule has 166 valence electrons. The van der Waals surface area contributed by atoms with Gasteiger partial charge in [-0.15, -0.1) is 0 Å². The summed E-state index contributed by atoms with van der Waals surface area (Å²) in [4.78, 5) is 26.6. The quantitative estimate of drug-likeness (QED) is 0.610. The van der Waals surface area contributed by atoms with E-state index < -0.39 is 0 Å². The molecule has 8 nitrogen and oxygen atoms in total. The zero-order chi connectivity index (χ0) is 22.5. The number of rotatable bonds is 7. The van der Waals surface area contributed by atoms with Gasteiger partial charge in [0.15, 0.2) is 23.9 Å². The number of fused-ring (bicyclic) bond motifs is 1. The molecule has 32 heavy (non-hydrogen) atoms. The van der Waals surface area contributed by atoms with Gasteiger partial charge in [0.2, 0.25) is 0 Å². The summed E-state index contributed by atoms with van der Waals surface area (Å²) < 4.78 is 21.5. The van der Waals surface area contributed by atoms with E-state index in [9.17, 15) is 9.59 Å². The molecule has 1 aliphatic heterocycles. The lowest BCUT2D eigenvalue weighted by Crippen LogP contribution is -2.38. The van der Waals surface area contributed by atoms with Crippen LogP contribution in [0.3, 0.4) is 0 Å². The fraction of sp³-hybridized carbons (Fsp3) is 0.250. The predicted molar refractivity (Wildman–Crippen MR) is 117 cm³/mol. The maximum Gasteiger partial charge on any atom is 0.291 e. The average Bonchev–Trinajstić information content (AvgIpc) is 3.36. The molecule has 2 heterocycles. The molecular formula is C24H24N2O6. The molecule has 3 aromatic rings. The van der Waals surface area contributed by atoms with Gasteiger partial charge >= 0.3 is 0 Å². The molecule has 8 heteroatoms. The third kappa shape index (κ3) is 4.69. The number of nitrogens with one attached hydrogen (secondary N) is 1. The van der Waals surface area contributed by atoms with Gasteiger partial charge in [-0.05, 0) is 53.9 Å². The molecule has 0 atom stereocenters. The lowest BCUT2D eigenvalue weighted by molar-refractivity contribution is -0.134. The molecule has 0 bridgehead atoms. The van der Waals surface area contributed by atoms with E-state index in [1.165, 1.54) is 6.26 Å². The number of methoxy groups -OCH3 is 2. The Bertz CT molecular complexity index is 1110. The van der Waals surface area contributed by atoms with Gasteiger partial charge in [0.25, 0.3) is 11.8 Å². The van der Waals surface area contributed by atoms with E-state index >= 15 is 0 Å². The van der Waals surface area contributed by atoms with Crippen molar-refractivity contribution in [3.8, 4) is 17.2 Å². The molecule has 0 radical (unpaired) electrons. The van der Waals surface area contributed by atoms with E-state index in [0.29, 0.717) is 36.0 Å². The zero-order valence-corrected chi connectivity index (χ0v) is 17.9. The Balaban J connectivity index is 1.36. The lowest BCUT2D eigenvalue weighted by atomic mass is 9.99. The molecule has 0 unspecified atom stereocenters. The van der Waals surface area contributed by atoms with Crippen molar-refractivity contribution in [2.75, 3.05) is 32.7 Å². The van der Waals surface area contributed by atoms with Gasteiger partial charge < -0.3 is 28.8 Å². The Labute approximate surface area is 185 Å². The van der Waals surface area contributed by atoms with Crippen LogP contribution in [0.25, 0.3) is 0 Å². The van der Waals surface area contributed by atoms with E-state index in [1.807, 2.05) is 12.1 Å². The van der Waals surface area contributed by atoms with Gasteiger partial charge in [0.05, 0.1) is 20.5 Å². The molecule has 0 aliphatic carbocycles. The normalized spacial score (nSPS) is 12.6. The van der Waals surface area contributed by atoms with Gasteiger partial charge in [-0.2, -0.15) is 0 Å². The van der Waals surface area contributed by atoms with Gasteiger partial charge in [-0.25, -0.2) is 0 Å². The fourth-order valence-electron chi connectivity index (χ4n) is 3.60. The van der Waals surface area contributed by atoms with E-state index in [1.54, 1.807) is 55.5 Å². The second-order valence-electron chi connectivity index (χ2n) is 7.29. The number of hydrogen-bond acceptors (Lipinski definition) is 6. The van der Waals surface area contributed by atoms with Crippen LogP contribution in [0.2, 0.25) is 0 Å². The Morgan fingerprint density at radius 3 is 2.53 bits per heavy atom. The van der Waals surface area contributed by atoms with Crippen molar-refractivity contribution in [1.29, 1.82) is 0 Å². The number of anilines is 1. The average molecular weight is 436 g/mol. The molecule has 4 rings (SSSR count). The monoisotopic (exact) mass is 436 g/mol. The Morgan fingerprint density at radius 1 is 1.03 bits per heavy atom. The summed E-state index contributed by atoms with van der Waals surface area (Å²) in [6.45, 7) is 0.985. The van der Waals surface area contributed by atoms with Crippen molar-refractivity contribution in [3.63, 3.8) is 0 Å². The first kappa shape index (κ1) is 21.3. The number of benzene rings is 2. The highest BCUT2D eigenvalue weighted by atomic mass is 16.5. The van der Waals surface area contributed by atoms with Crippen molar-refractivity contribution >= 4 is 17.5 Å². The van der Waals surface area contributed by atoms with Crippen molar-refractivity contribution < 1.29 is 28.2 Å². The van der Waals surface area contributed by atoms with Gasteiger partial charge in [-0.3, -0.25) is 9.59 Å². The summed E-state index contributed by atoms with van der Waals surface area (Å²) in [5, 5.41) is 2.74. The van der Waals surface area contributed by atoms with Crippen molar-refractivity contribution in [3.05, 3.63) is 71.7 Å². The van der Waals surface area contributed by atoms with Gasteiger partial charge in [-0.1, -0.05) is 6.07 Å². The van der Waals surface area contributed by atoms with Crippen LogP contribution in [-0.4, -0.2) is 44.1 Å². The van der Waals surface area contributed by atoms with E-state index in [2.05, 4.69) is 5.32 Å². The predicted octanol–water partition coefficient (Wildman–Crippen LogP) is 3.51. The van der Waals surface area contributed by atoms with Crippen molar-refractivity contribution in [2.24, 2.45) is 0 Å².